The number of ether oxygens (including phenoxy) is 1. The maximum absolute atomic E-state index is 13.9. The maximum atomic E-state index is 13.9. The van der Waals surface area contributed by atoms with Gasteiger partial charge in [0.2, 0.25) is 5.78 Å². The number of allylic oxidation sites excluding steroid dienone is 1. The number of nitrogens with zero attached hydrogens (tertiary/aromatic N) is 1. The first-order valence-corrected chi connectivity index (χ1v) is 13.4. The largest absolute Gasteiger partial charge is 0.508 e. The Morgan fingerprint density at radius 3 is 2.50 bits per heavy atom. The van der Waals surface area contributed by atoms with Crippen molar-refractivity contribution in [2.24, 2.45) is 17.6 Å². The second-order valence-corrected chi connectivity index (χ2v) is 11.1. The summed E-state index contributed by atoms with van der Waals surface area (Å²) in [6.45, 7) is 0. The molecule has 0 aromatic heterocycles. The van der Waals surface area contributed by atoms with Crippen LogP contribution in [0.3, 0.4) is 0 Å². The minimum absolute atomic E-state index is 0.00224. The van der Waals surface area contributed by atoms with Crippen molar-refractivity contribution in [1.29, 1.82) is 0 Å². The van der Waals surface area contributed by atoms with Crippen molar-refractivity contribution in [3.63, 3.8) is 0 Å². The van der Waals surface area contributed by atoms with E-state index in [9.17, 15) is 39.9 Å². The van der Waals surface area contributed by atoms with Gasteiger partial charge in [-0.15, -0.1) is 0 Å². The molecular formula is C31H32N2O9. The summed E-state index contributed by atoms with van der Waals surface area (Å²) in [6.07, 6.45) is 4.10. The number of phenols is 2. The van der Waals surface area contributed by atoms with Gasteiger partial charge < -0.3 is 36.0 Å². The molecule has 1 amide bonds. The summed E-state index contributed by atoms with van der Waals surface area (Å²) in [5, 5.41) is 55.1. The first-order valence-electron chi connectivity index (χ1n) is 13.4. The Labute approximate surface area is 241 Å². The number of carbonyl (C=O) groups excluding carboxylic acids is 3. The highest BCUT2D eigenvalue weighted by Crippen LogP contribution is 2.53. The van der Waals surface area contributed by atoms with Crippen LogP contribution in [0.15, 0.2) is 53.3 Å². The normalized spacial score (nSPS) is 25.5. The van der Waals surface area contributed by atoms with Gasteiger partial charge in [0.25, 0.3) is 5.91 Å². The number of methoxy groups -OCH3 is 1. The fourth-order valence-corrected chi connectivity index (χ4v) is 6.63. The molecule has 11 nitrogen and oxygen atoms in total. The van der Waals surface area contributed by atoms with Crippen LogP contribution in [0.1, 0.15) is 28.7 Å². The lowest BCUT2D eigenvalue weighted by atomic mass is 9.57. The SMILES string of the molecule is COc1cccc(C/C=C\c2ccc(O)c3c2CC2CC4[C@H](N(C)C)C(=O)C(C(N)=O)=C(O)[C@@]4(O)C(=O)C2=C3O)c1O. The number of aliphatic hydroxyl groups is 3. The van der Waals surface area contributed by atoms with Gasteiger partial charge in [0, 0.05) is 17.1 Å². The first kappa shape index (κ1) is 28.9. The highest BCUT2D eigenvalue weighted by molar-refractivity contribution is 6.24. The quantitative estimate of drug-likeness (QED) is 0.277. The van der Waals surface area contributed by atoms with Crippen LogP contribution in [-0.2, 0) is 27.2 Å². The monoisotopic (exact) mass is 576 g/mol. The molecule has 0 radical (unpaired) electrons. The molecule has 0 aliphatic heterocycles. The molecule has 3 aliphatic carbocycles. The van der Waals surface area contributed by atoms with Crippen LogP contribution in [0.5, 0.6) is 17.2 Å². The number of likely N-dealkylation sites (N-methyl/N-ethyl adjacent to an activating group) is 1. The van der Waals surface area contributed by atoms with Gasteiger partial charge in [0.15, 0.2) is 22.9 Å². The second kappa shape index (κ2) is 10.3. The maximum Gasteiger partial charge on any atom is 0.255 e. The Hall–Kier alpha value is -4.61. The number of nitrogens with two attached hydrogens (primary N) is 1. The number of fused-ring (bicyclic) bond motifs is 3. The van der Waals surface area contributed by atoms with Gasteiger partial charge >= 0.3 is 0 Å². The Morgan fingerprint density at radius 2 is 1.86 bits per heavy atom. The van der Waals surface area contributed by atoms with Gasteiger partial charge in [-0.1, -0.05) is 30.4 Å². The lowest BCUT2D eigenvalue weighted by molar-refractivity contribution is -0.153. The van der Waals surface area contributed by atoms with Gasteiger partial charge in [-0.05, 0) is 62.5 Å². The molecule has 7 N–H and O–H groups in total. The molecule has 11 heteroatoms. The van der Waals surface area contributed by atoms with E-state index >= 15 is 0 Å². The minimum atomic E-state index is -2.68. The van der Waals surface area contributed by atoms with E-state index < -0.39 is 58.0 Å². The number of hydrogen-bond donors (Lipinski definition) is 6. The summed E-state index contributed by atoms with van der Waals surface area (Å²) in [5.74, 6) is -6.58. The average Bonchev–Trinajstić information content (AvgIpc) is 2.92. The Kier molecular flexibility index (Phi) is 7.12. The lowest BCUT2D eigenvalue weighted by Crippen LogP contribution is -2.65. The molecule has 0 saturated heterocycles. The van der Waals surface area contributed by atoms with Crippen molar-refractivity contribution in [3.05, 3.63) is 75.6 Å². The zero-order valence-corrected chi connectivity index (χ0v) is 23.3. The molecule has 1 fully saturated rings. The Balaban J connectivity index is 1.59. The van der Waals surface area contributed by atoms with Crippen molar-refractivity contribution in [1.82, 2.24) is 4.90 Å². The predicted octanol–water partition coefficient (Wildman–Crippen LogP) is 1.93. The van der Waals surface area contributed by atoms with Crippen molar-refractivity contribution in [2.45, 2.75) is 30.9 Å². The van der Waals surface area contributed by atoms with Gasteiger partial charge in [-0.3, -0.25) is 19.3 Å². The van der Waals surface area contributed by atoms with Crippen molar-refractivity contribution in [3.8, 4) is 17.2 Å². The number of benzene rings is 2. The van der Waals surface area contributed by atoms with E-state index in [2.05, 4.69) is 0 Å². The van der Waals surface area contributed by atoms with E-state index in [1.807, 2.05) is 0 Å². The first-order chi connectivity index (χ1) is 19.8. The topological polar surface area (TPSA) is 191 Å². The van der Waals surface area contributed by atoms with Gasteiger partial charge in [0.05, 0.1) is 18.7 Å². The van der Waals surface area contributed by atoms with Crippen LogP contribution in [0.25, 0.3) is 11.8 Å². The predicted molar refractivity (Wildman–Crippen MR) is 152 cm³/mol. The molecule has 0 heterocycles. The molecule has 0 spiro atoms. The van der Waals surface area contributed by atoms with E-state index in [4.69, 9.17) is 10.5 Å². The number of ketones is 2. The number of hydrogen-bond acceptors (Lipinski definition) is 10. The summed E-state index contributed by atoms with van der Waals surface area (Å²) < 4.78 is 5.16. The minimum Gasteiger partial charge on any atom is -0.508 e. The fourth-order valence-electron chi connectivity index (χ4n) is 6.63. The van der Waals surface area contributed by atoms with Crippen molar-refractivity contribution >= 4 is 29.3 Å². The van der Waals surface area contributed by atoms with Gasteiger partial charge in [-0.25, -0.2) is 0 Å². The average molecular weight is 577 g/mol. The van der Waals surface area contributed by atoms with E-state index in [-0.39, 0.29) is 35.5 Å². The number of carbonyl (C=O) groups is 3. The third-order valence-electron chi connectivity index (χ3n) is 8.58. The van der Waals surface area contributed by atoms with Crippen LogP contribution < -0.4 is 10.5 Å². The van der Waals surface area contributed by atoms with Crippen LogP contribution in [0.4, 0.5) is 0 Å². The molecule has 2 unspecified atom stereocenters. The Morgan fingerprint density at radius 1 is 1.14 bits per heavy atom. The van der Waals surface area contributed by atoms with Crippen LogP contribution in [0, 0.1) is 11.8 Å². The molecule has 42 heavy (non-hydrogen) atoms. The summed E-state index contributed by atoms with van der Waals surface area (Å²) in [7, 11) is 4.56. The van der Waals surface area contributed by atoms with E-state index in [1.54, 1.807) is 50.5 Å². The summed E-state index contributed by atoms with van der Waals surface area (Å²) in [4.78, 5) is 40.7. The summed E-state index contributed by atoms with van der Waals surface area (Å²) in [5.41, 5.74) is 3.44. The molecule has 4 atom stereocenters. The number of amides is 1. The number of aromatic hydroxyl groups is 2. The zero-order valence-electron chi connectivity index (χ0n) is 23.3. The van der Waals surface area contributed by atoms with Gasteiger partial charge in [0.1, 0.15) is 22.8 Å². The van der Waals surface area contributed by atoms with Crippen molar-refractivity contribution < 1.29 is 44.7 Å². The van der Waals surface area contributed by atoms with Crippen LogP contribution >= 0.6 is 0 Å². The van der Waals surface area contributed by atoms with E-state index in [0.717, 1.165) is 0 Å². The Bertz CT molecular complexity index is 1620. The molecule has 5 rings (SSSR count). The summed E-state index contributed by atoms with van der Waals surface area (Å²) in [6, 6.07) is 7.03. The van der Waals surface area contributed by atoms with E-state index in [0.29, 0.717) is 28.9 Å². The molecule has 220 valence electrons. The second-order valence-electron chi connectivity index (χ2n) is 11.1. The van der Waals surface area contributed by atoms with Crippen molar-refractivity contribution in [2.75, 3.05) is 21.2 Å². The molecule has 2 aromatic rings. The van der Waals surface area contributed by atoms with Crippen LogP contribution in [0.2, 0.25) is 0 Å². The van der Waals surface area contributed by atoms with E-state index in [1.165, 1.54) is 18.1 Å². The molecular weight excluding hydrogens is 544 g/mol. The highest BCUT2D eigenvalue weighted by atomic mass is 16.5. The highest BCUT2D eigenvalue weighted by Gasteiger charge is 2.64. The number of rotatable bonds is 6. The van der Waals surface area contributed by atoms with Gasteiger partial charge in [-0.2, -0.15) is 0 Å². The fraction of sp³-hybridized carbons (Fsp3) is 0.323. The third-order valence-corrected chi connectivity index (χ3v) is 8.58. The number of Topliss-reactive ketones (excluding diaryl/α,β-unsaturated/α-hetero) is 2. The molecule has 1 saturated carbocycles. The van der Waals surface area contributed by atoms with Crippen LogP contribution in [-0.4, -0.2) is 80.8 Å². The summed E-state index contributed by atoms with van der Waals surface area (Å²) >= 11 is 0. The number of para-hydroxylation sites is 1. The number of aliphatic hydroxyl groups excluding tert-OH is 2. The smallest absolute Gasteiger partial charge is 0.255 e. The molecule has 3 aliphatic rings. The lowest BCUT2D eigenvalue weighted by Gasteiger charge is -2.50. The zero-order chi connectivity index (χ0) is 30.7. The number of phenolic OH excluding ortho intramolecular Hbond substituents is 2. The molecule has 2 aromatic carbocycles. The third kappa shape index (κ3) is 4.15. The number of primary amides is 1. The standard InChI is InChI=1S/C31H32N2O9/c1-33(2)24-18-13-16-12-17-14(6-4-7-15-8-5-9-20(42-3)25(15)35)10-11-19(34)22(17)26(36)21(16)28(38)31(18,41)29(39)23(27(24)37)30(32)40/h4-6,8-11,16,18,24,34-36,39,41H,7,12-13H2,1-3H3,(H2,32,40)/b6-4-/t16?,18?,24-,31-/m0/s1. The molecule has 0 bridgehead atoms.